The van der Waals surface area contributed by atoms with Gasteiger partial charge in [0.15, 0.2) is 5.82 Å². The Kier molecular flexibility index (Phi) is 4.70. The second-order valence-electron chi connectivity index (χ2n) is 6.00. The molecule has 0 aromatic carbocycles. The van der Waals surface area contributed by atoms with Crippen LogP contribution in [0.1, 0.15) is 12.8 Å². The van der Waals surface area contributed by atoms with Crippen LogP contribution in [0, 0.1) is 5.92 Å². The first-order valence-electron chi connectivity index (χ1n) is 7.78. The molecule has 0 bridgehead atoms. The zero-order chi connectivity index (χ0) is 17.2. The molecule has 0 amide bonds. The molecule has 6 nitrogen and oxygen atoms in total. The fourth-order valence-electron chi connectivity index (χ4n) is 2.92. The number of aromatic nitrogens is 4. The van der Waals surface area contributed by atoms with Crippen LogP contribution in [-0.4, -0.2) is 50.3 Å². The van der Waals surface area contributed by atoms with E-state index in [-0.39, 0.29) is 11.5 Å². The van der Waals surface area contributed by atoms with Gasteiger partial charge in [-0.2, -0.15) is 18.3 Å². The molecular formula is C15H18F3N5O. The van der Waals surface area contributed by atoms with E-state index >= 15 is 0 Å². The van der Waals surface area contributed by atoms with Crippen LogP contribution in [0.4, 0.5) is 13.2 Å². The first kappa shape index (κ1) is 16.7. The van der Waals surface area contributed by atoms with Crippen molar-refractivity contribution >= 4 is 0 Å². The van der Waals surface area contributed by atoms with E-state index in [1.165, 1.54) is 15.6 Å². The van der Waals surface area contributed by atoms with Crippen LogP contribution in [0.25, 0.3) is 5.82 Å². The second-order valence-corrected chi connectivity index (χ2v) is 6.00. The van der Waals surface area contributed by atoms with Gasteiger partial charge >= 0.3 is 6.18 Å². The van der Waals surface area contributed by atoms with E-state index in [1.54, 1.807) is 29.2 Å². The lowest BCUT2D eigenvalue weighted by Gasteiger charge is -2.32. The van der Waals surface area contributed by atoms with Gasteiger partial charge in [0, 0.05) is 25.0 Å². The Morgan fingerprint density at radius 3 is 2.58 bits per heavy atom. The summed E-state index contributed by atoms with van der Waals surface area (Å²) in [5, 5.41) is 8.37. The lowest BCUT2D eigenvalue weighted by Crippen LogP contribution is -2.41. The number of rotatable bonds is 4. The number of nitrogens with zero attached hydrogens (tertiary/aromatic N) is 5. The van der Waals surface area contributed by atoms with Gasteiger partial charge in [0.2, 0.25) is 0 Å². The summed E-state index contributed by atoms with van der Waals surface area (Å²) in [7, 11) is 0. The Bertz CT molecular complexity index is 717. The SMILES string of the molecule is O=c1ccc(-n2cccn2)nn1CC1CCN(CC(F)(F)F)CC1. The minimum atomic E-state index is -4.16. The monoisotopic (exact) mass is 341 g/mol. The lowest BCUT2D eigenvalue weighted by atomic mass is 9.97. The summed E-state index contributed by atoms with van der Waals surface area (Å²) in [5.74, 6) is 0.682. The van der Waals surface area contributed by atoms with E-state index in [9.17, 15) is 18.0 Å². The van der Waals surface area contributed by atoms with Crippen LogP contribution >= 0.6 is 0 Å². The van der Waals surface area contributed by atoms with Crippen molar-refractivity contribution in [2.45, 2.75) is 25.6 Å². The van der Waals surface area contributed by atoms with Gasteiger partial charge in [0.05, 0.1) is 6.54 Å². The van der Waals surface area contributed by atoms with Gasteiger partial charge in [0.25, 0.3) is 5.56 Å². The third kappa shape index (κ3) is 4.22. The fraction of sp³-hybridized carbons (Fsp3) is 0.533. The molecule has 1 fully saturated rings. The molecule has 3 rings (SSSR count). The first-order valence-corrected chi connectivity index (χ1v) is 7.78. The summed E-state index contributed by atoms with van der Waals surface area (Å²) in [6.07, 6.45) is 0.427. The van der Waals surface area contributed by atoms with Crippen molar-refractivity contribution in [1.82, 2.24) is 24.5 Å². The largest absolute Gasteiger partial charge is 0.401 e. The maximum absolute atomic E-state index is 12.4. The number of likely N-dealkylation sites (tertiary alicyclic amines) is 1. The molecule has 9 heteroatoms. The number of halogens is 3. The Balaban J connectivity index is 1.63. The molecule has 2 aromatic rings. The van der Waals surface area contributed by atoms with Crippen LogP contribution < -0.4 is 5.56 Å². The van der Waals surface area contributed by atoms with Crippen molar-refractivity contribution in [2.75, 3.05) is 19.6 Å². The summed E-state index contributed by atoms with van der Waals surface area (Å²) in [6.45, 7) is 0.316. The summed E-state index contributed by atoms with van der Waals surface area (Å²) in [6, 6.07) is 4.79. The predicted octanol–water partition coefficient (Wildman–Crippen LogP) is 1.70. The van der Waals surface area contributed by atoms with Gasteiger partial charge < -0.3 is 0 Å². The maximum atomic E-state index is 12.4. The van der Waals surface area contributed by atoms with Crippen molar-refractivity contribution in [3.63, 3.8) is 0 Å². The maximum Gasteiger partial charge on any atom is 0.401 e. The van der Waals surface area contributed by atoms with Crippen LogP contribution in [0.2, 0.25) is 0 Å². The zero-order valence-electron chi connectivity index (χ0n) is 13.0. The first-order chi connectivity index (χ1) is 11.4. The van der Waals surface area contributed by atoms with Crippen LogP contribution in [0.15, 0.2) is 35.4 Å². The average Bonchev–Trinajstić information content (AvgIpc) is 3.04. The highest BCUT2D eigenvalue weighted by Crippen LogP contribution is 2.23. The average molecular weight is 341 g/mol. The second kappa shape index (κ2) is 6.76. The quantitative estimate of drug-likeness (QED) is 0.849. The molecule has 3 heterocycles. The number of hydrogen-bond acceptors (Lipinski definition) is 4. The molecule has 0 N–H and O–H groups in total. The minimum absolute atomic E-state index is 0.146. The predicted molar refractivity (Wildman–Crippen MR) is 80.8 cm³/mol. The molecule has 0 unspecified atom stereocenters. The van der Waals surface area contributed by atoms with Gasteiger partial charge in [-0.1, -0.05) is 0 Å². The topological polar surface area (TPSA) is 56.0 Å². The smallest absolute Gasteiger partial charge is 0.295 e. The summed E-state index contributed by atoms with van der Waals surface area (Å²) < 4.78 is 40.2. The number of piperidine rings is 1. The third-order valence-electron chi connectivity index (χ3n) is 4.13. The van der Waals surface area contributed by atoms with Gasteiger partial charge in [-0.05, 0) is 44.0 Å². The molecule has 2 aromatic heterocycles. The Labute approximate surface area is 136 Å². The third-order valence-corrected chi connectivity index (χ3v) is 4.13. The van der Waals surface area contributed by atoms with Crippen molar-refractivity contribution < 1.29 is 13.2 Å². The molecule has 1 aliphatic heterocycles. The molecule has 1 saturated heterocycles. The molecule has 0 atom stereocenters. The highest BCUT2D eigenvalue weighted by molar-refractivity contribution is 5.17. The number of alkyl halides is 3. The fourth-order valence-corrected chi connectivity index (χ4v) is 2.92. The molecule has 0 radical (unpaired) electrons. The summed E-state index contributed by atoms with van der Waals surface area (Å²) in [4.78, 5) is 13.4. The Morgan fingerprint density at radius 1 is 1.21 bits per heavy atom. The van der Waals surface area contributed by atoms with Crippen LogP contribution in [-0.2, 0) is 6.54 Å². The van der Waals surface area contributed by atoms with E-state index in [0.29, 0.717) is 38.3 Å². The number of hydrogen-bond donors (Lipinski definition) is 0. The normalized spacial score (nSPS) is 17.3. The highest BCUT2D eigenvalue weighted by atomic mass is 19.4. The molecule has 0 aliphatic carbocycles. The van der Waals surface area contributed by atoms with Gasteiger partial charge in [-0.15, -0.1) is 5.10 Å². The van der Waals surface area contributed by atoms with Crippen molar-refractivity contribution in [1.29, 1.82) is 0 Å². The highest BCUT2D eigenvalue weighted by Gasteiger charge is 2.32. The van der Waals surface area contributed by atoms with E-state index < -0.39 is 12.7 Å². The van der Waals surface area contributed by atoms with Crippen molar-refractivity contribution in [3.05, 3.63) is 40.9 Å². The van der Waals surface area contributed by atoms with Gasteiger partial charge in [0.1, 0.15) is 0 Å². The van der Waals surface area contributed by atoms with Gasteiger partial charge in [-0.3, -0.25) is 9.69 Å². The van der Waals surface area contributed by atoms with Crippen molar-refractivity contribution in [2.24, 2.45) is 5.92 Å². The van der Waals surface area contributed by atoms with E-state index in [2.05, 4.69) is 10.2 Å². The summed E-state index contributed by atoms with van der Waals surface area (Å²) >= 11 is 0. The molecule has 0 saturated carbocycles. The minimum Gasteiger partial charge on any atom is -0.295 e. The molecule has 0 spiro atoms. The Morgan fingerprint density at radius 2 is 1.96 bits per heavy atom. The molecule has 1 aliphatic rings. The van der Waals surface area contributed by atoms with E-state index in [1.807, 2.05) is 0 Å². The zero-order valence-corrected chi connectivity index (χ0v) is 13.0. The molecular weight excluding hydrogens is 323 g/mol. The van der Waals surface area contributed by atoms with E-state index in [0.717, 1.165) is 0 Å². The molecule has 24 heavy (non-hydrogen) atoms. The van der Waals surface area contributed by atoms with Crippen LogP contribution in [0.5, 0.6) is 0 Å². The lowest BCUT2D eigenvalue weighted by molar-refractivity contribution is -0.148. The standard InChI is InChI=1S/C15H18F3N5O/c16-15(17,18)11-21-8-4-12(5-9-21)10-23-14(24)3-2-13(20-23)22-7-1-6-19-22/h1-3,6-7,12H,4-5,8-11H2. The van der Waals surface area contributed by atoms with Crippen molar-refractivity contribution in [3.8, 4) is 5.82 Å². The van der Waals surface area contributed by atoms with E-state index in [4.69, 9.17) is 0 Å². The van der Waals surface area contributed by atoms with Gasteiger partial charge in [-0.25, -0.2) is 9.36 Å². The van der Waals surface area contributed by atoms with Crippen LogP contribution in [0.3, 0.4) is 0 Å². The summed E-state index contributed by atoms with van der Waals surface area (Å²) in [5.41, 5.74) is -0.219. The molecule has 130 valence electrons. The Hall–Kier alpha value is -2.16.